The second-order valence-electron chi connectivity index (χ2n) is 5.90. The zero-order valence-corrected chi connectivity index (χ0v) is 17.1. The van der Waals surface area contributed by atoms with E-state index in [2.05, 4.69) is 5.32 Å². The molecular weight excluding hydrogens is 419 g/mol. The number of ether oxygens (including phenoxy) is 2. The smallest absolute Gasteiger partial charge is 0.270 e. The molecule has 3 rings (SSSR count). The number of thiocarbonyl (C=S) groups is 1. The van der Waals surface area contributed by atoms with Crippen molar-refractivity contribution in [3.8, 4) is 11.5 Å². The van der Waals surface area contributed by atoms with E-state index in [0.29, 0.717) is 29.4 Å². The molecule has 1 saturated heterocycles. The highest BCUT2D eigenvalue weighted by Crippen LogP contribution is 2.37. The number of nitrogens with one attached hydrogen (secondary N) is 1. The molecule has 1 aliphatic rings. The van der Waals surface area contributed by atoms with Crippen molar-refractivity contribution in [1.29, 1.82) is 0 Å². The van der Waals surface area contributed by atoms with Gasteiger partial charge in [-0.05, 0) is 67.2 Å². The summed E-state index contributed by atoms with van der Waals surface area (Å²) in [4.78, 5) is 26.5. The first kappa shape index (κ1) is 20.8. The van der Waals surface area contributed by atoms with E-state index in [1.54, 1.807) is 19.1 Å². The van der Waals surface area contributed by atoms with Crippen LogP contribution in [0.3, 0.4) is 0 Å². The number of hydrogen-bond donors (Lipinski definition) is 1. The minimum atomic E-state index is -0.650. The second kappa shape index (κ2) is 8.59. The number of carbonyl (C=O) groups is 2. The van der Waals surface area contributed by atoms with E-state index in [1.165, 1.54) is 37.5 Å². The van der Waals surface area contributed by atoms with Crippen LogP contribution in [0.5, 0.6) is 11.5 Å². The summed E-state index contributed by atoms with van der Waals surface area (Å²) >= 11 is 11.4. The molecule has 0 unspecified atom stereocenters. The second-order valence-corrected chi connectivity index (χ2v) is 6.70. The number of halogens is 2. The highest BCUT2D eigenvalue weighted by atomic mass is 35.5. The molecule has 0 radical (unpaired) electrons. The summed E-state index contributed by atoms with van der Waals surface area (Å²) in [5.74, 6) is -1.02. The predicted molar refractivity (Wildman–Crippen MR) is 112 cm³/mol. The Morgan fingerprint density at radius 3 is 2.55 bits per heavy atom. The molecule has 0 atom stereocenters. The SMILES string of the molecule is CCOc1cc(/C=C2\C(=O)NC(=S)N(c3ccc(F)cc3)C2=O)cc(Cl)c1OC. The minimum Gasteiger partial charge on any atom is -0.491 e. The first-order valence-electron chi connectivity index (χ1n) is 8.53. The van der Waals surface area contributed by atoms with Gasteiger partial charge in [-0.15, -0.1) is 0 Å². The average Bonchev–Trinajstić information content (AvgIpc) is 2.67. The topological polar surface area (TPSA) is 67.9 Å². The number of benzene rings is 2. The molecule has 6 nitrogen and oxygen atoms in total. The van der Waals surface area contributed by atoms with Gasteiger partial charge in [-0.1, -0.05) is 11.6 Å². The molecular formula is C20H16ClFN2O4S. The van der Waals surface area contributed by atoms with Gasteiger partial charge in [0.15, 0.2) is 16.6 Å². The van der Waals surface area contributed by atoms with E-state index in [1.807, 2.05) is 0 Å². The Kier molecular flexibility index (Phi) is 6.14. The minimum absolute atomic E-state index is 0.0912. The van der Waals surface area contributed by atoms with Gasteiger partial charge in [0.1, 0.15) is 11.4 Å². The molecule has 0 aromatic heterocycles. The molecule has 150 valence electrons. The summed E-state index contributed by atoms with van der Waals surface area (Å²) in [7, 11) is 1.46. The Hall–Kier alpha value is -2.97. The largest absolute Gasteiger partial charge is 0.491 e. The number of carbonyl (C=O) groups excluding carboxylic acids is 2. The number of hydrogen-bond acceptors (Lipinski definition) is 5. The van der Waals surface area contributed by atoms with Gasteiger partial charge in [-0.2, -0.15) is 0 Å². The van der Waals surface area contributed by atoms with Crippen LogP contribution in [0.2, 0.25) is 5.02 Å². The molecule has 1 aliphatic heterocycles. The van der Waals surface area contributed by atoms with E-state index in [-0.39, 0.29) is 15.7 Å². The van der Waals surface area contributed by atoms with Crippen LogP contribution in [-0.2, 0) is 9.59 Å². The van der Waals surface area contributed by atoms with Crippen molar-refractivity contribution in [2.45, 2.75) is 6.92 Å². The number of amides is 2. The zero-order valence-electron chi connectivity index (χ0n) is 15.5. The van der Waals surface area contributed by atoms with Gasteiger partial charge < -0.3 is 9.47 Å². The lowest BCUT2D eigenvalue weighted by atomic mass is 10.1. The van der Waals surface area contributed by atoms with Crippen molar-refractivity contribution in [3.05, 3.63) is 58.4 Å². The van der Waals surface area contributed by atoms with Gasteiger partial charge in [0.25, 0.3) is 11.8 Å². The van der Waals surface area contributed by atoms with Crippen LogP contribution in [0.15, 0.2) is 42.0 Å². The maximum atomic E-state index is 13.2. The van der Waals surface area contributed by atoms with E-state index in [9.17, 15) is 14.0 Å². The summed E-state index contributed by atoms with van der Waals surface area (Å²) in [6, 6.07) is 8.34. The summed E-state index contributed by atoms with van der Waals surface area (Å²) < 4.78 is 24.0. The molecule has 2 aromatic carbocycles. The van der Waals surface area contributed by atoms with Gasteiger partial charge in [0.2, 0.25) is 0 Å². The molecule has 2 amide bonds. The Morgan fingerprint density at radius 2 is 1.93 bits per heavy atom. The molecule has 2 aromatic rings. The van der Waals surface area contributed by atoms with Crippen molar-refractivity contribution in [1.82, 2.24) is 5.32 Å². The third-order valence-corrected chi connectivity index (χ3v) is 4.60. The highest BCUT2D eigenvalue weighted by Gasteiger charge is 2.34. The number of anilines is 1. The number of rotatable bonds is 5. The van der Waals surface area contributed by atoms with Crippen LogP contribution in [-0.4, -0.2) is 30.6 Å². The zero-order chi connectivity index (χ0) is 21.1. The first-order valence-corrected chi connectivity index (χ1v) is 9.31. The molecule has 9 heteroatoms. The monoisotopic (exact) mass is 434 g/mol. The number of nitrogens with zero attached hydrogens (tertiary/aromatic N) is 1. The summed E-state index contributed by atoms with van der Waals surface area (Å²) in [5.41, 5.74) is 0.631. The Morgan fingerprint density at radius 1 is 1.24 bits per heavy atom. The molecule has 1 heterocycles. The van der Waals surface area contributed by atoms with Gasteiger partial charge in [-0.25, -0.2) is 4.39 Å². The van der Waals surface area contributed by atoms with Crippen LogP contribution in [0.25, 0.3) is 6.08 Å². The van der Waals surface area contributed by atoms with Crippen LogP contribution < -0.4 is 19.7 Å². The molecule has 0 saturated carbocycles. The van der Waals surface area contributed by atoms with Crippen LogP contribution in [0.4, 0.5) is 10.1 Å². The molecule has 1 fully saturated rings. The normalized spacial score (nSPS) is 15.5. The van der Waals surface area contributed by atoms with Crippen molar-refractivity contribution in [2.24, 2.45) is 0 Å². The lowest BCUT2D eigenvalue weighted by Crippen LogP contribution is -2.54. The van der Waals surface area contributed by atoms with Gasteiger partial charge in [0.05, 0.1) is 24.4 Å². The molecule has 29 heavy (non-hydrogen) atoms. The van der Waals surface area contributed by atoms with Gasteiger partial charge in [0, 0.05) is 0 Å². The van der Waals surface area contributed by atoms with Crippen molar-refractivity contribution in [2.75, 3.05) is 18.6 Å². The lowest BCUT2D eigenvalue weighted by molar-refractivity contribution is -0.122. The van der Waals surface area contributed by atoms with Gasteiger partial charge in [-0.3, -0.25) is 19.8 Å². The fourth-order valence-electron chi connectivity index (χ4n) is 2.78. The van der Waals surface area contributed by atoms with Crippen molar-refractivity contribution >= 4 is 52.5 Å². The standard InChI is InChI=1S/C20H16ClFN2O4S/c1-3-28-16-10-11(9-15(21)17(16)27-2)8-14-18(25)23-20(29)24(19(14)26)13-6-4-12(22)5-7-13/h4-10H,3H2,1-2H3,(H,23,25,29)/b14-8+. The van der Waals surface area contributed by atoms with E-state index < -0.39 is 17.6 Å². The van der Waals surface area contributed by atoms with Crippen molar-refractivity contribution in [3.63, 3.8) is 0 Å². The predicted octanol–water partition coefficient (Wildman–Crippen LogP) is 3.72. The average molecular weight is 435 g/mol. The third-order valence-electron chi connectivity index (χ3n) is 4.03. The Bertz CT molecular complexity index is 1020. The summed E-state index contributed by atoms with van der Waals surface area (Å²) in [6.07, 6.45) is 1.38. The first-order chi connectivity index (χ1) is 13.8. The summed E-state index contributed by atoms with van der Waals surface area (Å²) in [5, 5.41) is 2.64. The van der Waals surface area contributed by atoms with Crippen molar-refractivity contribution < 1.29 is 23.5 Å². The fraction of sp³-hybridized carbons (Fsp3) is 0.150. The maximum absolute atomic E-state index is 13.2. The fourth-order valence-corrected chi connectivity index (χ4v) is 3.36. The molecule has 0 aliphatic carbocycles. The number of methoxy groups -OCH3 is 1. The molecule has 0 spiro atoms. The van der Waals surface area contributed by atoms with E-state index in [4.69, 9.17) is 33.3 Å². The van der Waals surface area contributed by atoms with E-state index in [0.717, 1.165) is 4.90 Å². The Labute approximate surface area is 176 Å². The molecule has 0 bridgehead atoms. The molecule has 1 N–H and O–H groups in total. The third kappa shape index (κ3) is 4.23. The summed E-state index contributed by atoms with van der Waals surface area (Å²) in [6.45, 7) is 2.18. The van der Waals surface area contributed by atoms with E-state index >= 15 is 0 Å². The van der Waals surface area contributed by atoms with Gasteiger partial charge >= 0.3 is 0 Å². The van der Waals surface area contributed by atoms with Crippen LogP contribution >= 0.6 is 23.8 Å². The lowest BCUT2D eigenvalue weighted by Gasteiger charge is -2.29. The maximum Gasteiger partial charge on any atom is 0.270 e. The van der Waals surface area contributed by atoms with Crippen LogP contribution in [0, 0.1) is 5.82 Å². The van der Waals surface area contributed by atoms with Crippen LogP contribution in [0.1, 0.15) is 12.5 Å². The quantitative estimate of drug-likeness (QED) is 0.441. The highest BCUT2D eigenvalue weighted by molar-refractivity contribution is 7.80. The Balaban J connectivity index is 2.03.